The smallest absolute Gasteiger partial charge is 0.133 e. The predicted octanol–water partition coefficient (Wildman–Crippen LogP) is 5.12. The number of rotatable bonds is 2. The van der Waals surface area contributed by atoms with E-state index in [4.69, 9.17) is 28.3 Å². The third-order valence-corrected chi connectivity index (χ3v) is 4.47. The molecule has 23 heavy (non-hydrogen) atoms. The van der Waals surface area contributed by atoms with Crippen molar-refractivity contribution >= 4 is 29.0 Å². The fourth-order valence-corrected chi connectivity index (χ4v) is 3.56. The third-order valence-electron chi connectivity index (χ3n) is 4.03. The monoisotopic (exact) mass is 343 g/mol. The summed E-state index contributed by atoms with van der Waals surface area (Å²) >= 11 is 12.3. The standard InChI is InChI=1S/C18H15Cl2N3/c1-11-3-2-4-12(7-11)17-16-5-6-21-18(16)23(22-17)15-9-13(19)8-14(20)10-15/h2-4,7-10,21H,5-6H2,1H3. The Labute approximate surface area is 144 Å². The van der Waals surface area contributed by atoms with E-state index in [1.54, 1.807) is 6.07 Å². The molecular formula is C18H15Cl2N3. The molecule has 0 spiro atoms. The van der Waals surface area contributed by atoms with Gasteiger partial charge in [0.1, 0.15) is 5.82 Å². The minimum atomic E-state index is 0.604. The fraction of sp³-hybridized carbons (Fsp3) is 0.167. The first-order valence-electron chi connectivity index (χ1n) is 7.51. The maximum absolute atomic E-state index is 6.15. The number of fused-ring (bicyclic) bond motifs is 1. The van der Waals surface area contributed by atoms with Gasteiger partial charge in [0.2, 0.25) is 0 Å². The van der Waals surface area contributed by atoms with Crippen LogP contribution in [0, 0.1) is 6.92 Å². The van der Waals surface area contributed by atoms with Gasteiger partial charge in [0.05, 0.1) is 11.4 Å². The summed E-state index contributed by atoms with van der Waals surface area (Å²) in [5.74, 6) is 1.03. The highest BCUT2D eigenvalue weighted by atomic mass is 35.5. The summed E-state index contributed by atoms with van der Waals surface area (Å²) in [5.41, 5.74) is 5.49. The molecule has 0 amide bonds. The highest BCUT2D eigenvalue weighted by Crippen LogP contribution is 2.35. The molecule has 0 unspecified atom stereocenters. The number of aromatic nitrogens is 2. The van der Waals surface area contributed by atoms with Crippen LogP contribution in [-0.4, -0.2) is 16.3 Å². The molecule has 0 bridgehead atoms. The average molecular weight is 344 g/mol. The Kier molecular flexibility index (Phi) is 3.55. The lowest BCUT2D eigenvalue weighted by Gasteiger charge is -2.07. The molecule has 4 rings (SSSR count). The van der Waals surface area contributed by atoms with Gasteiger partial charge >= 0.3 is 0 Å². The molecule has 5 heteroatoms. The van der Waals surface area contributed by atoms with Crippen LogP contribution in [0.5, 0.6) is 0 Å². The number of benzene rings is 2. The van der Waals surface area contributed by atoms with E-state index in [1.807, 2.05) is 16.8 Å². The van der Waals surface area contributed by atoms with Crippen LogP contribution in [0.1, 0.15) is 11.1 Å². The molecule has 0 saturated heterocycles. The van der Waals surface area contributed by atoms with E-state index in [0.717, 1.165) is 35.7 Å². The second kappa shape index (κ2) is 5.59. The lowest BCUT2D eigenvalue weighted by atomic mass is 10.0. The van der Waals surface area contributed by atoms with Crippen molar-refractivity contribution in [1.29, 1.82) is 0 Å². The van der Waals surface area contributed by atoms with Gasteiger partial charge in [-0.05, 0) is 37.6 Å². The molecule has 2 aromatic carbocycles. The zero-order valence-electron chi connectivity index (χ0n) is 12.6. The van der Waals surface area contributed by atoms with E-state index in [9.17, 15) is 0 Å². The topological polar surface area (TPSA) is 29.9 Å². The van der Waals surface area contributed by atoms with Gasteiger partial charge in [-0.2, -0.15) is 5.10 Å². The first kappa shape index (κ1) is 14.6. The summed E-state index contributed by atoms with van der Waals surface area (Å²) in [5, 5.41) is 9.46. The second-order valence-electron chi connectivity index (χ2n) is 5.76. The SMILES string of the molecule is Cc1cccc(-c2nn(-c3cc(Cl)cc(Cl)c3)c3c2CCN3)c1. The zero-order chi connectivity index (χ0) is 16.0. The Balaban J connectivity index is 1.91. The zero-order valence-corrected chi connectivity index (χ0v) is 14.1. The molecule has 3 nitrogen and oxygen atoms in total. The van der Waals surface area contributed by atoms with Crippen molar-refractivity contribution in [2.45, 2.75) is 13.3 Å². The van der Waals surface area contributed by atoms with Crippen molar-refractivity contribution < 1.29 is 0 Å². The van der Waals surface area contributed by atoms with Gasteiger partial charge in [-0.1, -0.05) is 47.0 Å². The van der Waals surface area contributed by atoms with Crippen LogP contribution in [0.15, 0.2) is 42.5 Å². The molecule has 2 heterocycles. The lowest BCUT2D eigenvalue weighted by Crippen LogP contribution is -2.04. The molecule has 0 atom stereocenters. The Morgan fingerprint density at radius 1 is 1.09 bits per heavy atom. The lowest BCUT2D eigenvalue weighted by molar-refractivity contribution is 0.882. The Bertz CT molecular complexity index is 879. The van der Waals surface area contributed by atoms with E-state index in [1.165, 1.54) is 11.1 Å². The molecule has 1 aliphatic rings. The Hall–Kier alpha value is -1.97. The van der Waals surface area contributed by atoms with E-state index >= 15 is 0 Å². The van der Waals surface area contributed by atoms with Crippen LogP contribution in [0.4, 0.5) is 5.82 Å². The predicted molar refractivity (Wildman–Crippen MR) is 96.0 cm³/mol. The van der Waals surface area contributed by atoms with Crippen molar-refractivity contribution in [2.24, 2.45) is 0 Å². The number of hydrogen-bond acceptors (Lipinski definition) is 2. The minimum Gasteiger partial charge on any atom is -0.369 e. The van der Waals surface area contributed by atoms with Crippen LogP contribution in [-0.2, 0) is 6.42 Å². The summed E-state index contributed by atoms with van der Waals surface area (Å²) in [6.07, 6.45) is 0.965. The van der Waals surface area contributed by atoms with Crippen LogP contribution < -0.4 is 5.32 Å². The number of nitrogens with one attached hydrogen (secondary N) is 1. The van der Waals surface area contributed by atoms with Crippen LogP contribution in [0.25, 0.3) is 16.9 Å². The average Bonchev–Trinajstić information content (AvgIpc) is 3.07. The van der Waals surface area contributed by atoms with Gasteiger partial charge in [-0.15, -0.1) is 0 Å². The fourth-order valence-electron chi connectivity index (χ4n) is 3.05. The number of halogens is 2. The van der Waals surface area contributed by atoms with Crippen molar-refractivity contribution in [2.75, 3.05) is 11.9 Å². The van der Waals surface area contributed by atoms with Gasteiger partial charge in [-0.3, -0.25) is 0 Å². The molecule has 3 aromatic rings. The third kappa shape index (κ3) is 2.60. The van der Waals surface area contributed by atoms with E-state index in [-0.39, 0.29) is 0 Å². The molecule has 0 radical (unpaired) electrons. The van der Waals surface area contributed by atoms with Gasteiger partial charge in [-0.25, -0.2) is 4.68 Å². The summed E-state index contributed by atoms with van der Waals surface area (Å²) in [6.45, 7) is 3.01. The summed E-state index contributed by atoms with van der Waals surface area (Å²) < 4.78 is 1.90. The van der Waals surface area contributed by atoms with Crippen molar-refractivity contribution in [1.82, 2.24) is 9.78 Å². The van der Waals surface area contributed by atoms with E-state index in [2.05, 4.69) is 36.5 Å². The maximum atomic E-state index is 6.15. The molecule has 0 fully saturated rings. The molecule has 116 valence electrons. The Morgan fingerprint density at radius 2 is 1.87 bits per heavy atom. The number of hydrogen-bond donors (Lipinski definition) is 1. The summed E-state index contributed by atoms with van der Waals surface area (Å²) in [4.78, 5) is 0. The molecule has 0 aliphatic carbocycles. The van der Waals surface area contributed by atoms with Gasteiger partial charge < -0.3 is 5.32 Å². The Morgan fingerprint density at radius 3 is 2.61 bits per heavy atom. The van der Waals surface area contributed by atoms with Crippen molar-refractivity contribution in [3.8, 4) is 16.9 Å². The van der Waals surface area contributed by atoms with Gasteiger partial charge in [0.15, 0.2) is 0 Å². The maximum Gasteiger partial charge on any atom is 0.133 e. The minimum absolute atomic E-state index is 0.604. The molecule has 1 N–H and O–H groups in total. The van der Waals surface area contributed by atoms with Gasteiger partial charge in [0, 0.05) is 27.7 Å². The highest BCUT2D eigenvalue weighted by molar-refractivity contribution is 6.34. The number of aryl methyl sites for hydroxylation is 1. The molecule has 1 aromatic heterocycles. The molecular weight excluding hydrogens is 329 g/mol. The van der Waals surface area contributed by atoms with Crippen molar-refractivity contribution in [3.05, 3.63) is 63.6 Å². The normalized spacial score (nSPS) is 13.0. The largest absolute Gasteiger partial charge is 0.369 e. The van der Waals surface area contributed by atoms with E-state index in [0.29, 0.717) is 10.0 Å². The summed E-state index contributed by atoms with van der Waals surface area (Å²) in [7, 11) is 0. The second-order valence-corrected chi connectivity index (χ2v) is 6.63. The van der Waals surface area contributed by atoms with Crippen molar-refractivity contribution in [3.63, 3.8) is 0 Å². The first-order chi connectivity index (χ1) is 11.1. The first-order valence-corrected chi connectivity index (χ1v) is 8.27. The van der Waals surface area contributed by atoms with Crippen LogP contribution in [0.3, 0.4) is 0 Å². The van der Waals surface area contributed by atoms with Gasteiger partial charge in [0.25, 0.3) is 0 Å². The van der Waals surface area contributed by atoms with Crippen LogP contribution in [0.2, 0.25) is 10.0 Å². The summed E-state index contributed by atoms with van der Waals surface area (Å²) in [6, 6.07) is 13.9. The highest BCUT2D eigenvalue weighted by Gasteiger charge is 2.24. The molecule has 1 aliphatic heterocycles. The van der Waals surface area contributed by atoms with Crippen LogP contribution >= 0.6 is 23.2 Å². The molecule has 0 saturated carbocycles. The van der Waals surface area contributed by atoms with E-state index < -0.39 is 0 Å². The number of anilines is 1. The quantitative estimate of drug-likeness (QED) is 0.699. The number of nitrogens with zero attached hydrogens (tertiary/aromatic N) is 2.